The van der Waals surface area contributed by atoms with E-state index in [1.807, 2.05) is 0 Å². The maximum atomic E-state index is 11.1. The second-order valence-corrected chi connectivity index (χ2v) is 4.60. The van der Waals surface area contributed by atoms with E-state index in [0.29, 0.717) is 0 Å². The molecule has 0 aliphatic heterocycles. The Morgan fingerprint density at radius 2 is 1.26 bits per heavy atom. The average Bonchev–Trinajstić information content (AvgIpc) is 2.28. The van der Waals surface area contributed by atoms with Crippen LogP contribution >= 0.6 is 0 Å². The minimum atomic E-state index is -4.93. The fourth-order valence-electron chi connectivity index (χ4n) is 0.856. The summed E-state index contributed by atoms with van der Waals surface area (Å²) in [7, 11) is -4.93. The minimum Gasteiger partial charge on any atom is -0.396 e. The Morgan fingerprint density at radius 3 is 1.53 bits per heavy atom. The molecule has 0 saturated heterocycles. The van der Waals surface area contributed by atoms with Crippen LogP contribution in [-0.4, -0.2) is 55.9 Å². The maximum absolute atomic E-state index is 11.1. The standard InChI is InChI=1S/C8H16N2O8S/c9-5(1-3-11)7(13)17-19(15,16)18-8(14)6(10)2-4-12/h5-6,11-12H,1-4,9-10H2/t5-,6-/m0/s1. The van der Waals surface area contributed by atoms with Crippen LogP contribution in [0.5, 0.6) is 0 Å². The Labute approximate surface area is 109 Å². The van der Waals surface area contributed by atoms with Crippen molar-refractivity contribution in [3.63, 3.8) is 0 Å². The highest BCUT2D eigenvalue weighted by Gasteiger charge is 2.28. The molecule has 0 saturated carbocycles. The van der Waals surface area contributed by atoms with Gasteiger partial charge in [-0.1, -0.05) is 0 Å². The van der Waals surface area contributed by atoms with Crippen LogP contribution in [-0.2, 0) is 28.4 Å². The van der Waals surface area contributed by atoms with Crippen molar-refractivity contribution in [3.05, 3.63) is 0 Å². The van der Waals surface area contributed by atoms with Crippen molar-refractivity contribution >= 4 is 22.3 Å². The Morgan fingerprint density at radius 1 is 0.947 bits per heavy atom. The summed E-state index contributed by atoms with van der Waals surface area (Å²) in [5.74, 6) is -2.75. The molecule has 112 valence electrons. The molecule has 0 heterocycles. The van der Waals surface area contributed by atoms with Gasteiger partial charge in [0.1, 0.15) is 12.1 Å². The lowest BCUT2D eigenvalue weighted by atomic mass is 10.2. The molecule has 0 aromatic rings. The topological polar surface area (TPSA) is 179 Å². The minimum absolute atomic E-state index is 0.216. The van der Waals surface area contributed by atoms with Crippen LogP contribution in [0.25, 0.3) is 0 Å². The monoisotopic (exact) mass is 300 g/mol. The number of carbonyl (C=O) groups is 2. The van der Waals surface area contributed by atoms with Crippen LogP contribution in [0.2, 0.25) is 0 Å². The lowest BCUT2D eigenvalue weighted by Gasteiger charge is -2.11. The zero-order valence-corrected chi connectivity index (χ0v) is 10.7. The van der Waals surface area contributed by atoms with Gasteiger partial charge in [-0.05, 0) is 12.8 Å². The fraction of sp³-hybridized carbons (Fsp3) is 0.750. The van der Waals surface area contributed by atoms with E-state index in [1.54, 1.807) is 0 Å². The molecule has 0 unspecified atom stereocenters. The average molecular weight is 300 g/mol. The van der Waals surface area contributed by atoms with E-state index in [2.05, 4.69) is 8.37 Å². The molecule has 0 spiro atoms. The van der Waals surface area contributed by atoms with Crippen molar-refractivity contribution in [1.29, 1.82) is 0 Å². The SMILES string of the molecule is N[C@@H](CCO)C(=O)OS(=O)(=O)OC(=O)[C@@H](N)CCO. The van der Waals surface area contributed by atoms with Gasteiger partial charge in [0.05, 0.1) is 0 Å². The van der Waals surface area contributed by atoms with Gasteiger partial charge in [-0.15, -0.1) is 8.42 Å². The fourth-order valence-corrected chi connectivity index (χ4v) is 1.54. The zero-order chi connectivity index (χ0) is 15.1. The molecule has 0 aliphatic rings. The predicted molar refractivity (Wildman–Crippen MR) is 60.5 cm³/mol. The van der Waals surface area contributed by atoms with Gasteiger partial charge in [0, 0.05) is 13.2 Å². The molecule has 0 fully saturated rings. The van der Waals surface area contributed by atoms with Gasteiger partial charge in [0.2, 0.25) is 0 Å². The van der Waals surface area contributed by atoms with Gasteiger partial charge in [0.15, 0.2) is 0 Å². The molecule has 19 heavy (non-hydrogen) atoms. The van der Waals surface area contributed by atoms with Crippen molar-refractivity contribution in [2.45, 2.75) is 24.9 Å². The molecule has 11 heteroatoms. The lowest BCUT2D eigenvalue weighted by Crippen LogP contribution is -2.38. The third-order valence-corrected chi connectivity index (χ3v) is 2.59. The van der Waals surface area contributed by atoms with Crippen LogP contribution in [0, 0.1) is 0 Å². The van der Waals surface area contributed by atoms with Crippen molar-refractivity contribution in [3.8, 4) is 0 Å². The summed E-state index contributed by atoms with van der Waals surface area (Å²) in [6.45, 7) is -0.894. The Balaban J connectivity index is 4.48. The quantitative estimate of drug-likeness (QED) is 0.355. The van der Waals surface area contributed by atoms with Gasteiger partial charge in [0.25, 0.3) is 0 Å². The predicted octanol–water partition coefficient (Wildman–Crippen LogP) is -3.26. The summed E-state index contributed by atoms with van der Waals surface area (Å²) in [4.78, 5) is 22.3. The van der Waals surface area contributed by atoms with Gasteiger partial charge in [-0.2, -0.15) is 0 Å². The van der Waals surface area contributed by atoms with Crippen LogP contribution in [0.15, 0.2) is 0 Å². The van der Waals surface area contributed by atoms with E-state index in [0.717, 1.165) is 0 Å². The summed E-state index contributed by atoms with van der Waals surface area (Å²) in [5, 5.41) is 17.0. The summed E-state index contributed by atoms with van der Waals surface area (Å²) in [6.07, 6.45) is -0.432. The number of rotatable bonds is 8. The normalized spacial score (nSPS) is 14.5. The molecule has 6 N–H and O–H groups in total. The molecule has 10 nitrogen and oxygen atoms in total. The third-order valence-electron chi connectivity index (χ3n) is 1.85. The number of carbonyl (C=O) groups excluding carboxylic acids is 2. The highest BCUT2D eigenvalue weighted by molar-refractivity contribution is 7.82. The van der Waals surface area contributed by atoms with Crippen molar-refractivity contribution in [2.24, 2.45) is 11.5 Å². The second kappa shape index (κ2) is 8.01. The number of hydrogen-bond donors (Lipinski definition) is 4. The summed E-state index contributed by atoms with van der Waals surface area (Å²) >= 11 is 0. The second-order valence-electron chi connectivity index (χ2n) is 3.45. The summed E-state index contributed by atoms with van der Waals surface area (Å²) in [5.41, 5.74) is 10.4. The molecule has 0 amide bonds. The largest absolute Gasteiger partial charge is 0.506 e. The first kappa shape index (κ1) is 17.7. The summed E-state index contributed by atoms with van der Waals surface area (Å²) < 4.78 is 30.1. The van der Waals surface area contributed by atoms with Crippen molar-refractivity contribution in [2.75, 3.05) is 13.2 Å². The smallest absolute Gasteiger partial charge is 0.396 e. The highest BCUT2D eigenvalue weighted by Crippen LogP contribution is 2.03. The molecular weight excluding hydrogens is 284 g/mol. The van der Waals surface area contributed by atoms with E-state index in [4.69, 9.17) is 21.7 Å². The van der Waals surface area contributed by atoms with Gasteiger partial charge >= 0.3 is 22.3 Å². The Hall–Kier alpha value is -1.27. The number of aliphatic hydroxyl groups is 2. The molecule has 0 radical (unpaired) electrons. The first-order valence-corrected chi connectivity index (χ1v) is 6.51. The Kier molecular flexibility index (Phi) is 7.48. The molecule has 0 rings (SSSR count). The highest BCUT2D eigenvalue weighted by atomic mass is 32.3. The van der Waals surface area contributed by atoms with E-state index in [1.165, 1.54) is 0 Å². The van der Waals surface area contributed by atoms with Gasteiger partial charge in [-0.3, -0.25) is 0 Å². The summed E-state index contributed by atoms with van der Waals surface area (Å²) in [6, 6.07) is -2.74. The van der Waals surface area contributed by atoms with Crippen LogP contribution in [0.4, 0.5) is 0 Å². The van der Waals surface area contributed by atoms with Gasteiger partial charge in [-0.25, -0.2) is 9.59 Å². The number of hydrogen-bond acceptors (Lipinski definition) is 10. The van der Waals surface area contributed by atoms with Crippen LogP contribution in [0.3, 0.4) is 0 Å². The lowest BCUT2D eigenvalue weighted by molar-refractivity contribution is -0.139. The Bertz CT molecular complexity index is 377. The van der Waals surface area contributed by atoms with E-state index in [9.17, 15) is 18.0 Å². The molecular formula is C8H16N2O8S. The van der Waals surface area contributed by atoms with Gasteiger partial charge < -0.3 is 30.0 Å². The number of aliphatic hydroxyl groups excluding tert-OH is 2. The maximum Gasteiger partial charge on any atom is 0.506 e. The van der Waals surface area contributed by atoms with Crippen molar-refractivity contribution < 1.29 is 36.6 Å². The zero-order valence-electron chi connectivity index (χ0n) is 9.89. The molecule has 0 aliphatic carbocycles. The van der Waals surface area contributed by atoms with Crippen LogP contribution < -0.4 is 11.5 Å². The molecule has 2 atom stereocenters. The first-order chi connectivity index (χ1) is 8.73. The first-order valence-electron chi connectivity index (χ1n) is 5.18. The molecule has 0 aromatic heterocycles. The molecule has 0 aromatic carbocycles. The van der Waals surface area contributed by atoms with E-state index < -0.39 is 47.6 Å². The third kappa shape index (κ3) is 7.03. The number of nitrogens with two attached hydrogens (primary N) is 2. The van der Waals surface area contributed by atoms with E-state index in [-0.39, 0.29) is 12.8 Å². The van der Waals surface area contributed by atoms with E-state index >= 15 is 0 Å². The van der Waals surface area contributed by atoms with Crippen LogP contribution in [0.1, 0.15) is 12.8 Å². The molecule has 0 bridgehead atoms. The van der Waals surface area contributed by atoms with Crippen molar-refractivity contribution in [1.82, 2.24) is 0 Å².